The van der Waals surface area contributed by atoms with Crippen LogP contribution in [0.3, 0.4) is 0 Å². The first-order valence-electron chi connectivity index (χ1n) is 12.7. The molecule has 3 rings (SSSR count). The smallest absolute Gasteiger partial charge is 0.303 e. The zero-order valence-electron chi connectivity index (χ0n) is 21.0. The van der Waals surface area contributed by atoms with Crippen molar-refractivity contribution in [2.24, 2.45) is 22.7 Å². The lowest BCUT2D eigenvalue weighted by Gasteiger charge is -2.58. The Morgan fingerprint density at radius 1 is 1.13 bits per heavy atom. The molecule has 0 radical (unpaired) electrons. The van der Waals surface area contributed by atoms with Gasteiger partial charge in [-0.15, -0.1) is 0 Å². The van der Waals surface area contributed by atoms with E-state index in [1.807, 2.05) is 6.08 Å². The van der Waals surface area contributed by atoms with Gasteiger partial charge in [0.05, 0.1) is 0 Å². The maximum atomic E-state index is 12.6. The summed E-state index contributed by atoms with van der Waals surface area (Å²) in [5.41, 5.74) is 3.73. The topological polar surface area (TPSA) is 43.4 Å². The molecule has 0 aromatic carbocycles. The van der Waals surface area contributed by atoms with Gasteiger partial charge in [0.2, 0.25) is 0 Å². The lowest BCUT2D eigenvalue weighted by atomic mass is 9.49. The van der Waals surface area contributed by atoms with Gasteiger partial charge < -0.3 is 4.74 Å². The Morgan fingerprint density at radius 3 is 2.32 bits per heavy atom. The molecule has 174 valence electrons. The largest absolute Gasteiger partial charge is 0.459 e. The Hall–Kier alpha value is -1.38. The third-order valence-corrected chi connectivity index (χ3v) is 8.88. The highest BCUT2D eigenvalue weighted by molar-refractivity contribution is 5.97. The predicted octanol–water partition coefficient (Wildman–Crippen LogP) is 7.35. The van der Waals surface area contributed by atoms with Gasteiger partial charge in [-0.3, -0.25) is 9.59 Å². The Morgan fingerprint density at radius 2 is 1.77 bits per heavy atom. The molecule has 3 nitrogen and oxygen atoms in total. The number of carbonyl (C=O) groups is 2. The third-order valence-electron chi connectivity index (χ3n) is 8.88. The fourth-order valence-electron chi connectivity index (χ4n) is 7.44. The predicted molar refractivity (Wildman–Crippen MR) is 127 cm³/mol. The van der Waals surface area contributed by atoms with Gasteiger partial charge in [-0.2, -0.15) is 0 Å². The molecule has 3 aliphatic carbocycles. The average Bonchev–Trinajstić information content (AvgIpc) is 2.68. The molecule has 3 aliphatic rings. The summed E-state index contributed by atoms with van der Waals surface area (Å²) >= 11 is 0. The number of ketones is 1. The highest BCUT2D eigenvalue weighted by atomic mass is 16.6. The van der Waals surface area contributed by atoms with E-state index in [1.165, 1.54) is 11.1 Å². The molecule has 3 heteroatoms. The van der Waals surface area contributed by atoms with E-state index in [0.717, 1.165) is 64.2 Å². The van der Waals surface area contributed by atoms with Crippen molar-refractivity contribution in [2.75, 3.05) is 0 Å². The van der Waals surface area contributed by atoms with Crippen LogP contribution in [0.4, 0.5) is 0 Å². The van der Waals surface area contributed by atoms with Crippen LogP contribution in [0.25, 0.3) is 0 Å². The molecule has 0 heterocycles. The van der Waals surface area contributed by atoms with Crippen LogP contribution in [0, 0.1) is 22.7 Å². The van der Waals surface area contributed by atoms with E-state index in [2.05, 4.69) is 41.5 Å². The van der Waals surface area contributed by atoms with E-state index in [1.54, 1.807) is 12.5 Å². The van der Waals surface area contributed by atoms with Crippen LogP contribution in [-0.2, 0) is 14.3 Å². The van der Waals surface area contributed by atoms with Gasteiger partial charge in [0.1, 0.15) is 5.60 Å². The second-order valence-corrected chi connectivity index (χ2v) is 11.3. The molecule has 0 bridgehead atoms. The molecule has 1 fully saturated rings. The van der Waals surface area contributed by atoms with Crippen molar-refractivity contribution >= 4 is 11.8 Å². The molecule has 0 spiro atoms. The number of allylic oxidation sites excluding steroid dienone is 4. The van der Waals surface area contributed by atoms with Crippen molar-refractivity contribution in [3.8, 4) is 0 Å². The molecule has 0 aliphatic heterocycles. The first-order valence-corrected chi connectivity index (χ1v) is 12.7. The van der Waals surface area contributed by atoms with Gasteiger partial charge in [0.25, 0.3) is 0 Å². The summed E-state index contributed by atoms with van der Waals surface area (Å²) in [6.45, 7) is 15.0. The number of hydrogen-bond donors (Lipinski definition) is 0. The summed E-state index contributed by atoms with van der Waals surface area (Å²) < 4.78 is 6.32. The number of rotatable bonds is 7. The Kier molecular flexibility index (Phi) is 6.94. The molecule has 0 amide bonds. The zero-order chi connectivity index (χ0) is 23.0. The minimum absolute atomic E-state index is 0.0185. The molecule has 0 N–H and O–H groups in total. The van der Waals surface area contributed by atoms with Crippen molar-refractivity contribution in [3.05, 3.63) is 22.8 Å². The van der Waals surface area contributed by atoms with Gasteiger partial charge in [-0.1, -0.05) is 66.4 Å². The first kappa shape index (κ1) is 24.3. The molecule has 31 heavy (non-hydrogen) atoms. The quantitative estimate of drug-likeness (QED) is 0.398. The summed E-state index contributed by atoms with van der Waals surface area (Å²) in [5, 5.41) is 0. The maximum absolute atomic E-state index is 12.6. The summed E-state index contributed by atoms with van der Waals surface area (Å²) in [5.74, 6) is 1.20. The van der Waals surface area contributed by atoms with Crippen LogP contribution in [0.5, 0.6) is 0 Å². The second-order valence-electron chi connectivity index (χ2n) is 11.3. The standard InChI is InChI=1S/C28H44O3/c1-8-14-28(15-9-2,31-19(4)29)27(7)16-13-21-22(24(27)10-3)12-11-20-17-25(30)26(5,6)18-23(20)21/h17,22,24H,8-16,18H2,1-7H3/t22-,24+,27+/m1/s1. The average molecular weight is 429 g/mol. The van der Waals surface area contributed by atoms with Crippen LogP contribution in [0.1, 0.15) is 113 Å². The Bertz CT molecular complexity index is 778. The molecule has 1 saturated carbocycles. The minimum atomic E-state index is -0.378. The summed E-state index contributed by atoms with van der Waals surface area (Å²) in [7, 11) is 0. The fourth-order valence-corrected chi connectivity index (χ4v) is 7.44. The van der Waals surface area contributed by atoms with E-state index >= 15 is 0 Å². The van der Waals surface area contributed by atoms with Crippen molar-refractivity contribution in [1.29, 1.82) is 0 Å². The highest BCUT2D eigenvalue weighted by Gasteiger charge is 2.58. The molecule has 0 unspecified atom stereocenters. The van der Waals surface area contributed by atoms with Crippen LogP contribution in [0.15, 0.2) is 22.8 Å². The number of carbonyl (C=O) groups excluding carboxylic acids is 2. The SMILES string of the molecule is CCCC(CCC)(OC(C)=O)[C@@]1(C)CCC2=C3CC(C)(C)C(=O)C=C3CC[C@H]2[C@@H]1CC. The van der Waals surface area contributed by atoms with Gasteiger partial charge in [0.15, 0.2) is 5.78 Å². The Labute approximate surface area is 190 Å². The lowest BCUT2D eigenvalue weighted by Crippen LogP contribution is -2.57. The fraction of sp³-hybridized carbons (Fsp3) is 0.786. The van der Waals surface area contributed by atoms with E-state index < -0.39 is 0 Å². The highest BCUT2D eigenvalue weighted by Crippen LogP contribution is 2.61. The zero-order valence-corrected chi connectivity index (χ0v) is 21.0. The summed E-state index contributed by atoms with van der Waals surface area (Å²) in [4.78, 5) is 24.9. The summed E-state index contributed by atoms with van der Waals surface area (Å²) in [6, 6.07) is 0. The van der Waals surface area contributed by atoms with E-state index in [9.17, 15) is 9.59 Å². The van der Waals surface area contributed by atoms with Crippen molar-refractivity contribution in [1.82, 2.24) is 0 Å². The summed E-state index contributed by atoms with van der Waals surface area (Å²) in [6.07, 6.45) is 12.2. The van der Waals surface area contributed by atoms with E-state index in [4.69, 9.17) is 4.74 Å². The number of esters is 1. The first-order chi connectivity index (χ1) is 14.5. The monoisotopic (exact) mass is 428 g/mol. The molecule has 0 saturated heterocycles. The molecular weight excluding hydrogens is 384 g/mol. The lowest BCUT2D eigenvalue weighted by molar-refractivity contribution is -0.193. The molecule has 0 aromatic heterocycles. The second kappa shape index (κ2) is 8.87. The number of ether oxygens (including phenoxy) is 1. The molecule has 0 aromatic rings. The molecular formula is C28H44O3. The number of fused-ring (bicyclic) bond motifs is 2. The van der Waals surface area contributed by atoms with Gasteiger partial charge in [-0.05, 0) is 74.0 Å². The van der Waals surface area contributed by atoms with E-state index in [-0.39, 0.29) is 28.2 Å². The van der Waals surface area contributed by atoms with Crippen molar-refractivity contribution < 1.29 is 14.3 Å². The van der Waals surface area contributed by atoms with Gasteiger partial charge in [-0.25, -0.2) is 0 Å². The maximum Gasteiger partial charge on any atom is 0.303 e. The van der Waals surface area contributed by atoms with Crippen molar-refractivity contribution in [2.45, 2.75) is 118 Å². The van der Waals surface area contributed by atoms with Gasteiger partial charge >= 0.3 is 5.97 Å². The minimum Gasteiger partial charge on any atom is -0.459 e. The van der Waals surface area contributed by atoms with Crippen LogP contribution >= 0.6 is 0 Å². The Balaban J connectivity index is 2.08. The van der Waals surface area contributed by atoms with Crippen molar-refractivity contribution in [3.63, 3.8) is 0 Å². The number of hydrogen-bond acceptors (Lipinski definition) is 3. The third kappa shape index (κ3) is 4.07. The van der Waals surface area contributed by atoms with Crippen LogP contribution < -0.4 is 0 Å². The van der Waals surface area contributed by atoms with Crippen LogP contribution in [-0.4, -0.2) is 17.4 Å². The molecule has 3 atom stereocenters. The normalized spacial score (nSPS) is 30.4. The van der Waals surface area contributed by atoms with E-state index in [0.29, 0.717) is 11.8 Å². The van der Waals surface area contributed by atoms with Gasteiger partial charge in [0, 0.05) is 17.8 Å². The van der Waals surface area contributed by atoms with Crippen LogP contribution in [0.2, 0.25) is 0 Å².